The van der Waals surface area contributed by atoms with E-state index in [1.807, 2.05) is 0 Å². The van der Waals surface area contributed by atoms with Gasteiger partial charge in [0.2, 0.25) is 15.9 Å². The van der Waals surface area contributed by atoms with Crippen molar-refractivity contribution in [2.24, 2.45) is 5.73 Å². The Labute approximate surface area is 143 Å². The van der Waals surface area contributed by atoms with Crippen LogP contribution in [0.15, 0.2) is 24.3 Å². The Kier molecular flexibility index (Phi) is 6.85. The van der Waals surface area contributed by atoms with Crippen molar-refractivity contribution < 1.29 is 13.2 Å². The van der Waals surface area contributed by atoms with Crippen LogP contribution in [0.3, 0.4) is 0 Å². The largest absolute Gasteiger partial charge is 0.324 e. The molecule has 1 amide bonds. The van der Waals surface area contributed by atoms with E-state index in [2.05, 4.69) is 10.0 Å². The molecule has 23 heavy (non-hydrogen) atoms. The number of carbonyl (C=O) groups excluding carboxylic acids is 1. The van der Waals surface area contributed by atoms with Gasteiger partial charge in [-0.2, -0.15) is 0 Å². The van der Waals surface area contributed by atoms with Crippen LogP contribution in [0.5, 0.6) is 0 Å². The fourth-order valence-electron chi connectivity index (χ4n) is 2.65. The topological polar surface area (TPSA) is 101 Å². The number of rotatable bonds is 6. The third-order valence-electron chi connectivity index (χ3n) is 3.81. The van der Waals surface area contributed by atoms with Gasteiger partial charge in [-0.1, -0.05) is 25.8 Å². The fourth-order valence-corrected chi connectivity index (χ4v) is 3.77. The monoisotopic (exact) mass is 361 g/mol. The van der Waals surface area contributed by atoms with Gasteiger partial charge in [-0.05, 0) is 37.5 Å². The molecule has 1 aromatic carbocycles. The van der Waals surface area contributed by atoms with Crippen LogP contribution in [0.25, 0.3) is 0 Å². The molecular weight excluding hydrogens is 338 g/mol. The maximum Gasteiger partial charge on any atom is 0.244 e. The third-order valence-corrected chi connectivity index (χ3v) is 5.31. The minimum atomic E-state index is -3.35. The van der Waals surface area contributed by atoms with Crippen molar-refractivity contribution >= 4 is 39.7 Å². The molecule has 0 aromatic heterocycles. The van der Waals surface area contributed by atoms with Crippen LogP contribution in [-0.4, -0.2) is 25.6 Å². The molecule has 2 rings (SSSR count). The highest BCUT2D eigenvalue weighted by Gasteiger charge is 2.36. The van der Waals surface area contributed by atoms with Crippen LogP contribution in [0.4, 0.5) is 11.4 Å². The fraction of sp³-hybridized carbons (Fsp3) is 0.533. The van der Waals surface area contributed by atoms with E-state index >= 15 is 0 Å². The number of halogens is 1. The molecule has 0 atom stereocenters. The zero-order valence-electron chi connectivity index (χ0n) is 13.2. The van der Waals surface area contributed by atoms with E-state index in [-0.39, 0.29) is 24.1 Å². The highest BCUT2D eigenvalue weighted by Crippen LogP contribution is 2.28. The lowest BCUT2D eigenvalue weighted by atomic mass is 9.98. The Balaban J connectivity index is 0.00000264. The van der Waals surface area contributed by atoms with Crippen LogP contribution < -0.4 is 15.8 Å². The smallest absolute Gasteiger partial charge is 0.244 e. The summed E-state index contributed by atoms with van der Waals surface area (Å²) in [6.07, 6.45) is 3.83. The molecule has 0 bridgehead atoms. The highest BCUT2D eigenvalue weighted by molar-refractivity contribution is 7.92. The summed E-state index contributed by atoms with van der Waals surface area (Å²) in [6.45, 7) is 1.80. The molecule has 1 aliphatic rings. The normalized spacial score (nSPS) is 16.4. The van der Waals surface area contributed by atoms with E-state index in [0.29, 0.717) is 30.6 Å². The first-order chi connectivity index (χ1) is 10.3. The molecule has 0 aliphatic heterocycles. The number of nitrogens with two attached hydrogens (primary N) is 1. The molecule has 1 saturated carbocycles. The van der Waals surface area contributed by atoms with Crippen molar-refractivity contribution in [1.29, 1.82) is 0 Å². The SMILES string of the molecule is CCCS(=O)(=O)Nc1cccc(NC(=O)C2(N)CCCC2)c1.Cl. The zero-order valence-corrected chi connectivity index (χ0v) is 14.8. The van der Waals surface area contributed by atoms with Crippen molar-refractivity contribution in [3.63, 3.8) is 0 Å². The standard InChI is InChI=1S/C15H23N3O3S.ClH/c1-2-10-22(20,21)18-13-7-5-6-12(11-13)17-14(19)15(16)8-3-4-9-15;/h5-7,11,18H,2-4,8-10,16H2,1H3,(H,17,19);1H. The Morgan fingerprint density at radius 3 is 2.48 bits per heavy atom. The summed E-state index contributed by atoms with van der Waals surface area (Å²) in [5.74, 6) is -0.145. The maximum atomic E-state index is 12.3. The molecule has 0 saturated heterocycles. The second kappa shape index (κ2) is 7.99. The van der Waals surface area contributed by atoms with Crippen molar-refractivity contribution in [1.82, 2.24) is 0 Å². The lowest BCUT2D eigenvalue weighted by molar-refractivity contribution is -0.121. The van der Waals surface area contributed by atoms with Crippen LogP contribution in [0.2, 0.25) is 0 Å². The van der Waals surface area contributed by atoms with Crippen LogP contribution in [-0.2, 0) is 14.8 Å². The molecule has 0 radical (unpaired) electrons. The number of hydrogen-bond donors (Lipinski definition) is 3. The van der Waals surface area contributed by atoms with Gasteiger partial charge in [-0.15, -0.1) is 12.4 Å². The lowest BCUT2D eigenvalue weighted by Gasteiger charge is -2.22. The summed E-state index contributed by atoms with van der Waals surface area (Å²) >= 11 is 0. The molecule has 6 nitrogen and oxygen atoms in total. The average Bonchev–Trinajstić information content (AvgIpc) is 2.86. The Morgan fingerprint density at radius 2 is 1.87 bits per heavy atom. The van der Waals surface area contributed by atoms with Gasteiger partial charge in [0.05, 0.1) is 17.0 Å². The van der Waals surface area contributed by atoms with Gasteiger partial charge in [-0.3, -0.25) is 9.52 Å². The van der Waals surface area contributed by atoms with Crippen LogP contribution in [0.1, 0.15) is 39.0 Å². The third kappa shape index (κ3) is 5.37. The number of carbonyl (C=O) groups is 1. The quantitative estimate of drug-likeness (QED) is 0.724. The van der Waals surface area contributed by atoms with Gasteiger partial charge >= 0.3 is 0 Å². The summed E-state index contributed by atoms with van der Waals surface area (Å²) in [5.41, 5.74) is 6.27. The van der Waals surface area contributed by atoms with Crippen LogP contribution >= 0.6 is 12.4 Å². The summed E-state index contributed by atoms with van der Waals surface area (Å²) < 4.78 is 26.1. The van der Waals surface area contributed by atoms with Gasteiger partial charge in [-0.25, -0.2) is 8.42 Å². The van der Waals surface area contributed by atoms with E-state index in [1.165, 1.54) is 0 Å². The van der Waals surface area contributed by atoms with E-state index in [1.54, 1.807) is 31.2 Å². The summed E-state index contributed by atoms with van der Waals surface area (Å²) in [6, 6.07) is 6.66. The summed E-state index contributed by atoms with van der Waals surface area (Å²) in [7, 11) is -3.35. The Hall–Kier alpha value is -1.31. The predicted molar refractivity (Wildman–Crippen MR) is 95.4 cm³/mol. The molecule has 1 fully saturated rings. The van der Waals surface area contributed by atoms with Gasteiger partial charge < -0.3 is 11.1 Å². The number of amides is 1. The van der Waals surface area contributed by atoms with Crippen molar-refractivity contribution in [2.45, 2.75) is 44.6 Å². The Bertz CT molecular complexity index is 643. The van der Waals surface area contributed by atoms with Gasteiger partial charge in [0.25, 0.3) is 0 Å². The number of benzene rings is 1. The van der Waals surface area contributed by atoms with E-state index in [9.17, 15) is 13.2 Å². The van der Waals surface area contributed by atoms with Gasteiger partial charge in [0, 0.05) is 5.69 Å². The molecule has 4 N–H and O–H groups in total. The molecule has 8 heteroatoms. The molecule has 130 valence electrons. The lowest BCUT2D eigenvalue weighted by Crippen LogP contribution is -2.48. The number of anilines is 2. The first-order valence-electron chi connectivity index (χ1n) is 7.55. The van der Waals surface area contributed by atoms with E-state index in [4.69, 9.17) is 5.73 Å². The van der Waals surface area contributed by atoms with E-state index < -0.39 is 15.6 Å². The van der Waals surface area contributed by atoms with Crippen molar-refractivity contribution in [3.8, 4) is 0 Å². The molecule has 0 spiro atoms. The first-order valence-corrected chi connectivity index (χ1v) is 9.21. The zero-order chi connectivity index (χ0) is 16.2. The molecule has 1 aliphatic carbocycles. The minimum Gasteiger partial charge on any atom is -0.324 e. The Morgan fingerprint density at radius 1 is 1.26 bits per heavy atom. The average molecular weight is 362 g/mol. The second-order valence-electron chi connectivity index (χ2n) is 5.82. The molecule has 0 unspecified atom stereocenters. The maximum absolute atomic E-state index is 12.3. The number of sulfonamides is 1. The van der Waals surface area contributed by atoms with E-state index in [0.717, 1.165) is 12.8 Å². The molecule has 1 aromatic rings. The van der Waals surface area contributed by atoms with Crippen molar-refractivity contribution in [3.05, 3.63) is 24.3 Å². The predicted octanol–water partition coefficient (Wildman–Crippen LogP) is 2.47. The first kappa shape index (κ1) is 19.7. The summed E-state index contributed by atoms with van der Waals surface area (Å²) in [4.78, 5) is 12.3. The minimum absolute atomic E-state index is 0. The number of nitrogens with one attached hydrogen (secondary N) is 2. The van der Waals surface area contributed by atoms with Gasteiger partial charge in [0.1, 0.15) is 0 Å². The second-order valence-corrected chi connectivity index (χ2v) is 7.66. The van der Waals surface area contributed by atoms with Crippen molar-refractivity contribution in [2.75, 3.05) is 15.8 Å². The summed E-state index contributed by atoms with van der Waals surface area (Å²) in [5, 5.41) is 2.78. The molecular formula is C15H24ClN3O3S. The molecule has 0 heterocycles. The van der Waals surface area contributed by atoms with Gasteiger partial charge in [0.15, 0.2) is 0 Å². The number of hydrogen-bond acceptors (Lipinski definition) is 4. The van der Waals surface area contributed by atoms with Crippen LogP contribution in [0, 0.1) is 0 Å². The highest BCUT2D eigenvalue weighted by atomic mass is 35.5.